The van der Waals surface area contributed by atoms with Crippen molar-refractivity contribution in [1.82, 2.24) is 9.13 Å². The molecule has 4 heteroatoms. The number of hydrogen-bond donors (Lipinski definition) is 0. The molecular formula is C43H35N3O. The Hall–Kier alpha value is -5.87. The summed E-state index contributed by atoms with van der Waals surface area (Å²) in [5.74, 6) is 0.436. The Kier molecular flexibility index (Phi) is 7.60. The van der Waals surface area contributed by atoms with E-state index in [1.165, 1.54) is 16.7 Å². The first-order valence-electron chi connectivity index (χ1n) is 16.3. The lowest BCUT2D eigenvalue weighted by Gasteiger charge is -2.34. The molecule has 47 heavy (non-hydrogen) atoms. The fourth-order valence-corrected chi connectivity index (χ4v) is 6.88. The lowest BCUT2D eigenvalue weighted by atomic mass is 9.87. The number of imidazole rings is 1. The standard InChI is InChI=1S/C43H35N3O/c47-43-45(36-16-8-3-9-17-36)41-18-10-11-19-42(41)46(43)40-30-28-39(29-31-40)44(37-24-20-34(21-25-37)32-12-4-1-5-13-32)38-26-22-35(23-27-38)33-14-6-2-7-15-33/h1-14,16-26,28-31,33,38H,15,27H2. The first-order chi connectivity index (χ1) is 23.2. The van der Waals surface area contributed by atoms with Gasteiger partial charge >= 0.3 is 5.69 Å². The fourth-order valence-electron chi connectivity index (χ4n) is 6.88. The van der Waals surface area contributed by atoms with Crippen molar-refractivity contribution < 1.29 is 0 Å². The van der Waals surface area contributed by atoms with Crippen LogP contribution in [-0.4, -0.2) is 15.2 Å². The maximum absolute atomic E-state index is 14.0. The van der Waals surface area contributed by atoms with Crippen molar-refractivity contribution in [3.63, 3.8) is 0 Å². The monoisotopic (exact) mass is 609 g/mol. The second-order valence-electron chi connectivity index (χ2n) is 12.1. The summed E-state index contributed by atoms with van der Waals surface area (Å²) in [7, 11) is 0. The molecule has 0 amide bonds. The Balaban J connectivity index is 1.17. The van der Waals surface area contributed by atoms with E-state index in [1.54, 1.807) is 4.57 Å². The van der Waals surface area contributed by atoms with Gasteiger partial charge in [0.05, 0.1) is 28.5 Å². The summed E-state index contributed by atoms with van der Waals surface area (Å²) in [5, 5.41) is 0. The van der Waals surface area contributed by atoms with Crippen LogP contribution >= 0.6 is 0 Å². The highest BCUT2D eigenvalue weighted by molar-refractivity contribution is 5.80. The Morgan fingerprint density at radius 2 is 1.13 bits per heavy atom. The molecule has 0 N–H and O–H groups in total. The van der Waals surface area contributed by atoms with Gasteiger partial charge in [0.25, 0.3) is 0 Å². The topological polar surface area (TPSA) is 30.2 Å². The highest BCUT2D eigenvalue weighted by Crippen LogP contribution is 2.35. The van der Waals surface area contributed by atoms with Gasteiger partial charge in [0.2, 0.25) is 0 Å². The van der Waals surface area contributed by atoms with Crippen molar-refractivity contribution in [2.75, 3.05) is 4.90 Å². The van der Waals surface area contributed by atoms with Crippen LogP contribution in [0.1, 0.15) is 12.8 Å². The van der Waals surface area contributed by atoms with Gasteiger partial charge in [0.1, 0.15) is 0 Å². The number of anilines is 2. The third kappa shape index (κ3) is 5.49. The summed E-state index contributed by atoms with van der Waals surface area (Å²) in [6.07, 6.45) is 17.8. The van der Waals surface area contributed by atoms with Gasteiger partial charge in [-0.2, -0.15) is 0 Å². The number of rotatable bonds is 7. The Labute approximate surface area is 275 Å². The molecular weight excluding hydrogens is 574 g/mol. The molecule has 2 atom stereocenters. The molecule has 5 aromatic carbocycles. The normalized spacial score (nSPS) is 17.1. The predicted octanol–water partition coefficient (Wildman–Crippen LogP) is 9.97. The number of para-hydroxylation sites is 3. The summed E-state index contributed by atoms with van der Waals surface area (Å²) in [6, 6.07) is 45.7. The van der Waals surface area contributed by atoms with Gasteiger partial charge < -0.3 is 4.90 Å². The van der Waals surface area contributed by atoms with E-state index < -0.39 is 0 Å². The number of allylic oxidation sites excluding steroid dienone is 6. The second kappa shape index (κ2) is 12.5. The zero-order valence-electron chi connectivity index (χ0n) is 26.1. The van der Waals surface area contributed by atoms with E-state index in [2.05, 4.69) is 120 Å². The zero-order chi connectivity index (χ0) is 31.6. The molecule has 0 bridgehead atoms. The fraction of sp³-hybridized carbons (Fsp3) is 0.0930. The van der Waals surface area contributed by atoms with Crippen molar-refractivity contribution in [3.8, 4) is 22.5 Å². The summed E-state index contributed by atoms with van der Waals surface area (Å²) < 4.78 is 3.60. The summed E-state index contributed by atoms with van der Waals surface area (Å²) in [5.41, 5.74) is 9.34. The molecule has 4 nitrogen and oxygen atoms in total. The van der Waals surface area contributed by atoms with Gasteiger partial charge in [-0.15, -0.1) is 0 Å². The van der Waals surface area contributed by atoms with Crippen molar-refractivity contribution in [3.05, 3.63) is 192 Å². The molecule has 2 unspecified atom stereocenters. The third-order valence-electron chi connectivity index (χ3n) is 9.25. The van der Waals surface area contributed by atoms with Crippen molar-refractivity contribution in [2.45, 2.75) is 18.9 Å². The number of aromatic nitrogens is 2. The van der Waals surface area contributed by atoms with Crippen LogP contribution in [0.25, 0.3) is 33.5 Å². The van der Waals surface area contributed by atoms with Crippen LogP contribution in [0.15, 0.2) is 186 Å². The SMILES string of the molecule is O=c1n(-c2ccccc2)c2ccccc2n1-c1ccc(N(c2ccc(-c3ccccc3)cc2)C2C=CC(C3C=CC=CC3)=CC2)cc1. The molecule has 8 rings (SSSR count). The van der Waals surface area contributed by atoms with E-state index in [4.69, 9.17) is 0 Å². The molecule has 1 aromatic heterocycles. The predicted molar refractivity (Wildman–Crippen MR) is 195 cm³/mol. The van der Waals surface area contributed by atoms with E-state index in [1.807, 2.05) is 65.2 Å². The van der Waals surface area contributed by atoms with Crippen LogP contribution < -0.4 is 10.6 Å². The van der Waals surface area contributed by atoms with E-state index in [-0.39, 0.29) is 11.7 Å². The summed E-state index contributed by atoms with van der Waals surface area (Å²) in [4.78, 5) is 16.4. The van der Waals surface area contributed by atoms with E-state index in [0.29, 0.717) is 5.92 Å². The molecule has 0 fully saturated rings. The van der Waals surface area contributed by atoms with E-state index in [0.717, 1.165) is 46.6 Å². The van der Waals surface area contributed by atoms with Gasteiger partial charge in [-0.25, -0.2) is 4.79 Å². The van der Waals surface area contributed by atoms with Gasteiger partial charge in [-0.05, 0) is 90.2 Å². The smallest absolute Gasteiger partial charge is 0.334 e. The van der Waals surface area contributed by atoms with Crippen LogP contribution in [0.2, 0.25) is 0 Å². The van der Waals surface area contributed by atoms with Gasteiger partial charge in [-0.3, -0.25) is 9.13 Å². The van der Waals surface area contributed by atoms with Crippen LogP contribution in [0, 0.1) is 5.92 Å². The van der Waals surface area contributed by atoms with Crippen molar-refractivity contribution in [1.29, 1.82) is 0 Å². The molecule has 0 saturated heterocycles. The quantitative estimate of drug-likeness (QED) is 0.180. The van der Waals surface area contributed by atoms with Crippen LogP contribution in [-0.2, 0) is 0 Å². The van der Waals surface area contributed by atoms with Crippen LogP contribution in [0.5, 0.6) is 0 Å². The molecule has 0 radical (unpaired) electrons. The maximum Gasteiger partial charge on any atom is 0.338 e. The minimum absolute atomic E-state index is 0.0852. The van der Waals surface area contributed by atoms with Crippen molar-refractivity contribution >= 4 is 22.4 Å². The van der Waals surface area contributed by atoms with Gasteiger partial charge in [-0.1, -0.05) is 115 Å². The number of benzene rings is 5. The Morgan fingerprint density at radius 3 is 1.72 bits per heavy atom. The molecule has 1 heterocycles. The zero-order valence-corrected chi connectivity index (χ0v) is 26.1. The molecule has 228 valence electrons. The molecule has 2 aliphatic rings. The minimum Gasteiger partial charge on any atom is -0.334 e. The number of nitrogens with zero attached hydrogens (tertiary/aromatic N) is 3. The molecule has 2 aliphatic carbocycles. The largest absolute Gasteiger partial charge is 0.338 e. The van der Waals surface area contributed by atoms with Crippen LogP contribution in [0.3, 0.4) is 0 Å². The molecule has 0 saturated carbocycles. The molecule has 6 aromatic rings. The minimum atomic E-state index is -0.0852. The van der Waals surface area contributed by atoms with Gasteiger partial charge in [0, 0.05) is 17.3 Å². The number of fused-ring (bicyclic) bond motifs is 1. The maximum atomic E-state index is 14.0. The van der Waals surface area contributed by atoms with Gasteiger partial charge in [0.15, 0.2) is 0 Å². The van der Waals surface area contributed by atoms with Crippen molar-refractivity contribution in [2.24, 2.45) is 5.92 Å². The second-order valence-corrected chi connectivity index (χ2v) is 12.1. The average molecular weight is 610 g/mol. The first-order valence-corrected chi connectivity index (χ1v) is 16.3. The average Bonchev–Trinajstić information content (AvgIpc) is 3.45. The van der Waals surface area contributed by atoms with E-state index in [9.17, 15) is 4.79 Å². The highest BCUT2D eigenvalue weighted by atomic mass is 16.1. The summed E-state index contributed by atoms with van der Waals surface area (Å²) in [6.45, 7) is 0. The van der Waals surface area contributed by atoms with E-state index >= 15 is 0 Å². The number of hydrogen-bond acceptors (Lipinski definition) is 2. The molecule has 0 aliphatic heterocycles. The lowest BCUT2D eigenvalue weighted by molar-refractivity contribution is 0.731. The van der Waals surface area contributed by atoms with Crippen LogP contribution in [0.4, 0.5) is 11.4 Å². The Morgan fingerprint density at radius 1 is 0.553 bits per heavy atom. The third-order valence-corrected chi connectivity index (χ3v) is 9.25. The lowest BCUT2D eigenvalue weighted by Crippen LogP contribution is -2.30. The summed E-state index contributed by atoms with van der Waals surface area (Å²) >= 11 is 0. The highest BCUT2D eigenvalue weighted by Gasteiger charge is 2.23. The Bertz CT molecular complexity index is 2200. The first kappa shape index (κ1) is 28.6. The molecule has 0 spiro atoms.